The van der Waals surface area contributed by atoms with E-state index in [1.54, 1.807) is 6.07 Å². The molecule has 0 unspecified atom stereocenters. The molecule has 2 aromatic rings. The van der Waals surface area contributed by atoms with E-state index in [9.17, 15) is 4.79 Å². The first-order chi connectivity index (χ1) is 12.1. The number of piperidine rings is 1. The third-order valence-electron chi connectivity index (χ3n) is 4.39. The van der Waals surface area contributed by atoms with E-state index in [2.05, 4.69) is 19.6 Å². The molecule has 3 rings (SSSR count). The number of benzene rings is 1. The summed E-state index contributed by atoms with van der Waals surface area (Å²) in [6.07, 6.45) is 3.08. The van der Waals surface area contributed by atoms with Crippen LogP contribution in [-0.2, 0) is 0 Å². The summed E-state index contributed by atoms with van der Waals surface area (Å²) < 4.78 is 0. The van der Waals surface area contributed by atoms with Crippen LogP contribution in [0.25, 0.3) is 20.9 Å². The smallest absolute Gasteiger partial charge is 0.335 e. The minimum atomic E-state index is -1.01. The van der Waals surface area contributed by atoms with Crippen molar-refractivity contribution >= 4 is 17.3 Å². The molecule has 1 saturated heterocycles. The van der Waals surface area contributed by atoms with Crippen molar-refractivity contribution in [2.45, 2.75) is 18.9 Å². The molecule has 2 heterocycles. The molecule has 0 radical (unpaired) electrons. The third kappa shape index (κ3) is 3.44. The maximum Gasteiger partial charge on any atom is 0.335 e. The number of aromatic carboxylic acids is 1. The molecule has 0 spiro atoms. The van der Waals surface area contributed by atoms with E-state index in [4.69, 9.17) is 18.3 Å². The third-order valence-corrected chi connectivity index (χ3v) is 4.39. The molecule has 0 aliphatic carbocycles. The normalized spacial score (nSPS) is 14.6. The summed E-state index contributed by atoms with van der Waals surface area (Å²) in [5.41, 5.74) is 2.79. The predicted molar refractivity (Wildman–Crippen MR) is 94.7 cm³/mol. The number of pyridine rings is 1. The van der Waals surface area contributed by atoms with Crippen LogP contribution in [0.3, 0.4) is 0 Å². The zero-order valence-corrected chi connectivity index (χ0v) is 13.5. The van der Waals surface area contributed by atoms with E-state index >= 15 is 0 Å². The van der Waals surface area contributed by atoms with Crippen molar-refractivity contribution < 1.29 is 9.90 Å². The van der Waals surface area contributed by atoms with E-state index in [1.807, 2.05) is 12.1 Å². The lowest BCUT2D eigenvalue weighted by molar-refractivity contribution is 0.0697. The lowest BCUT2D eigenvalue weighted by Gasteiger charge is -2.30. The second-order valence-electron chi connectivity index (χ2n) is 5.90. The Morgan fingerprint density at radius 1 is 1.20 bits per heavy atom. The van der Waals surface area contributed by atoms with Gasteiger partial charge in [-0.1, -0.05) is 6.07 Å². The summed E-state index contributed by atoms with van der Waals surface area (Å²) in [4.78, 5) is 24.7. The van der Waals surface area contributed by atoms with E-state index in [0.717, 1.165) is 31.6 Å². The Morgan fingerprint density at radius 3 is 2.60 bits per heavy atom. The average Bonchev–Trinajstić information content (AvgIpc) is 2.67. The van der Waals surface area contributed by atoms with Gasteiger partial charge >= 0.3 is 5.97 Å². The zero-order chi connectivity index (χ0) is 17.8. The van der Waals surface area contributed by atoms with Gasteiger partial charge in [0, 0.05) is 37.8 Å². The Kier molecular flexibility index (Phi) is 4.63. The zero-order valence-electron chi connectivity index (χ0n) is 13.5. The summed E-state index contributed by atoms with van der Waals surface area (Å²) in [6.45, 7) is 16.1. The van der Waals surface area contributed by atoms with Gasteiger partial charge in [-0.3, -0.25) is 4.98 Å². The quantitative estimate of drug-likeness (QED) is 0.866. The van der Waals surface area contributed by atoms with Gasteiger partial charge in [0.15, 0.2) is 0 Å². The van der Waals surface area contributed by atoms with E-state index in [0.29, 0.717) is 16.9 Å². The summed E-state index contributed by atoms with van der Waals surface area (Å²) >= 11 is 0. The fourth-order valence-corrected chi connectivity index (χ4v) is 3.00. The predicted octanol–water partition coefficient (Wildman–Crippen LogP) is 3.89. The van der Waals surface area contributed by atoms with Crippen LogP contribution in [0.15, 0.2) is 36.5 Å². The van der Waals surface area contributed by atoms with Gasteiger partial charge in [0.05, 0.1) is 17.8 Å². The Morgan fingerprint density at radius 2 is 1.96 bits per heavy atom. The van der Waals surface area contributed by atoms with Crippen LogP contribution in [-0.4, -0.2) is 35.2 Å². The molecular weight excluding hydrogens is 316 g/mol. The van der Waals surface area contributed by atoms with Gasteiger partial charge in [-0.25, -0.2) is 16.2 Å². The van der Waals surface area contributed by atoms with Crippen LogP contribution in [0.2, 0.25) is 0 Å². The van der Waals surface area contributed by atoms with Gasteiger partial charge in [-0.05, 0) is 29.8 Å². The standard InChI is InChI=1S/C19H16N4O2/c1-20-15-6-9-23(10-7-15)18-4-3-13(11-17(18)21-2)16-12-14(19(24)25)5-8-22-16/h3-5,8,11-12,15H,6-7,9-10H2,(H,24,25). The van der Waals surface area contributed by atoms with Gasteiger partial charge < -0.3 is 14.9 Å². The van der Waals surface area contributed by atoms with E-state index < -0.39 is 5.97 Å². The van der Waals surface area contributed by atoms with Crippen molar-refractivity contribution in [1.82, 2.24) is 4.98 Å². The fourth-order valence-electron chi connectivity index (χ4n) is 3.00. The van der Waals surface area contributed by atoms with Gasteiger partial charge in [-0.15, -0.1) is 0 Å². The monoisotopic (exact) mass is 332 g/mol. The number of carboxylic acids is 1. The highest BCUT2D eigenvalue weighted by molar-refractivity contribution is 5.89. The van der Waals surface area contributed by atoms with Crippen molar-refractivity contribution in [3.63, 3.8) is 0 Å². The maximum atomic E-state index is 11.1. The number of hydrogen-bond donors (Lipinski definition) is 1. The summed E-state index contributed by atoms with van der Waals surface area (Å²) in [5.74, 6) is -1.01. The first kappa shape index (κ1) is 16.5. The van der Waals surface area contributed by atoms with Crippen molar-refractivity contribution in [2.75, 3.05) is 18.0 Å². The van der Waals surface area contributed by atoms with Gasteiger partial charge in [0.1, 0.15) is 0 Å². The van der Waals surface area contributed by atoms with Crippen LogP contribution in [0.4, 0.5) is 11.4 Å². The Bertz CT molecular complexity index is 887. The maximum absolute atomic E-state index is 11.1. The van der Waals surface area contributed by atoms with Crippen molar-refractivity contribution in [2.24, 2.45) is 0 Å². The van der Waals surface area contributed by atoms with E-state index in [1.165, 1.54) is 18.3 Å². The first-order valence-electron chi connectivity index (χ1n) is 7.95. The summed E-state index contributed by atoms with van der Waals surface area (Å²) in [6, 6.07) is 8.52. The van der Waals surface area contributed by atoms with Crippen molar-refractivity contribution in [3.8, 4) is 11.3 Å². The Hall–Kier alpha value is -3.38. The average molecular weight is 332 g/mol. The highest BCUT2D eigenvalue weighted by atomic mass is 16.4. The SMILES string of the molecule is [C-]#[N+]c1cc(-c2cc(C(=O)O)ccn2)ccc1N1CCC([N+]#[C-])CC1. The van der Waals surface area contributed by atoms with Crippen LogP contribution in [0.1, 0.15) is 23.2 Å². The molecule has 25 heavy (non-hydrogen) atoms. The minimum Gasteiger partial charge on any atom is -0.478 e. The number of aromatic nitrogens is 1. The molecule has 1 aromatic heterocycles. The van der Waals surface area contributed by atoms with Gasteiger partial charge in [0.25, 0.3) is 0 Å². The molecule has 0 amide bonds. The molecule has 1 N–H and O–H groups in total. The summed E-state index contributed by atoms with van der Waals surface area (Å²) in [7, 11) is 0. The number of carbonyl (C=O) groups is 1. The lowest BCUT2D eigenvalue weighted by Crippen LogP contribution is -2.34. The van der Waals surface area contributed by atoms with Crippen molar-refractivity contribution in [1.29, 1.82) is 0 Å². The van der Waals surface area contributed by atoms with Crippen LogP contribution < -0.4 is 4.90 Å². The summed E-state index contributed by atoms with van der Waals surface area (Å²) in [5, 5.41) is 9.11. The number of rotatable bonds is 3. The van der Waals surface area contributed by atoms with Crippen LogP contribution in [0, 0.1) is 13.1 Å². The Labute approximate surface area is 146 Å². The highest BCUT2D eigenvalue weighted by Crippen LogP contribution is 2.35. The molecule has 1 fully saturated rings. The molecule has 1 aromatic carbocycles. The highest BCUT2D eigenvalue weighted by Gasteiger charge is 2.24. The molecule has 1 aliphatic heterocycles. The van der Waals surface area contributed by atoms with Gasteiger partial charge in [-0.2, -0.15) is 0 Å². The number of anilines is 1. The number of carboxylic acid groups (broad SMARTS) is 1. The molecule has 124 valence electrons. The minimum absolute atomic E-state index is 0.0786. The molecule has 0 saturated carbocycles. The molecule has 6 heteroatoms. The molecule has 1 aliphatic rings. The first-order valence-corrected chi connectivity index (χ1v) is 7.95. The topological polar surface area (TPSA) is 62.1 Å². The molecular formula is C19H16N4O2. The molecule has 0 bridgehead atoms. The lowest BCUT2D eigenvalue weighted by atomic mass is 10.0. The second kappa shape index (κ2) is 7.02. The number of nitrogens with zero attached hydrogens (tertiary/aromatic N) is 4. The van der Waals surface area contributed by atoms with Crippen molar-refractivity contribution in [3.05, 3.63) is 64.9 Å². The van der Waals surface area contributed by atoms with Gasteiger partial charge in [0.2, 0.25) is 11.7 Å². The number of hydrogen-bond acceptors (Lipinski definition) is 3. The molecule has 0 atom stereocenters. The Balaban J connectivity index is 1.91. The second-order valence-corrected chi connectivity index (χ2v) is 5.90. The largest absolute Gasteiger partial charge is 0.478 e. The van der Waals surface area contributed by atoms with Crippen LogP contribution >= 0.6 is 0 Å². The molecule has 6 nitrogen and oxygen atoms in total. The van der Waals surface area contributed by atoms with E-state index in [-0.39, 0.29) is 11.6 Å². The fraction of sp³-hybridized carbons (Fsp3) is 0.263. The van der Waals surface area contributed by atoms with Crippen LogP contribution in [0.5, 0.6) is 0 Å².